The molecule has 16 heavy (non-hydrogen) atoms. The Kier molecular flexibility index (Phi) is 2.19. The van der Waals surface area contributed by atoms with Crippen molar-refractivity contribution < 1.29 is 4.28 Å². The lowest BCUT2D eigenvalue weighted by Crippen LogP contribution is -2.62. The molecule has 2 unspecified atom stereocenters. The third-order valence-corrected chi connectivity index (χ3v) is 6.88. The van der Waals surface area contributed by atoms with Crippen LogP contribution in [-0.4, -0.2) is 24.9 Å². The van der Waals surface area contributed by atoms with E-state index in [1.54, 1.807) is 0 Å². The summed E-state index contributed by atoms with van der Waals surface area (Å²) in [4.78, 5) is 0. The number of rotatable bonds is 1. The van der Waals surface area contributed by atoms with Gasteiger partial charge in [0.25, 0.3) is 6.35 Å². The van der Waals surface area contributed by atoms with Gasteiger partial charge in [-0.3, -0.25) is 0 Å². The Balaban J connectivity index is 1.65. The van der Waals surface area contributed by atoms with Crippen LogP contribution < -0.4 is 0 Å². The average molecular weight is 241 g/mol. The lowest BCUT2D eigenvalue weighted by atomic mass is 9.21. The van der Waals surface area contributed by atoms with Crippen LogP contribution in [0.4, 0.5) is 0 Å². The third kappa shape index (κ3) is 1.29. The maximum absolute atomic E-state index is 6.62. The van der Waals surface area contributed by atoms with E-state index >= 15 is 0 Å². The Bertz CT molecular complexity index is 286. The SMILES string of the molecule is ClC1C2CC3CC1C[B-]([O+]1CCCC1)(C3)C2. The Morgan fingerprint density at radius 3 is 2.19 bits per heavy atom. The van der Waals surface area contributed by atoms with Crippen LogP contribution >= 0.6 is 11.6 Å². The van der Waals surface area contributed by atoms with Crippen molar-refractivity contribution in [1.29, 1.82) is 0 Å². The Morgan fingerprint density at radius 2 is 1.56 bits per heavy atom. The van der Waals surface area contributed by atoms with E-state index in [2.05, 4.69) is 4.28 Å². The first-order chi connectivity index (χ1) is 7.77. The molecule has 1 saturated carbocycles. The van der Waals surface area contributed by atoms with Crippen LogP contribution in [0.15, 0.2) is 0 Å². The standard InChI is InChI=1S/C13H22BClO/c15-13-11-5-10-6-12(13)9-14(7-10,8-11)16-3-1-2-4-16/h10-13H,1-9H2. The summed E-state index contributed by atoms with van der Waals surface area (Å²) < 4.78 is 3.79. The lowest BCUT2D eigenvalue weighted by molar-refractivity contribution is 0.00634. The maximum Gasteiger partial charge on any atom is 0.294 e. The smallest absolute Gasteiger partial charge is 0.294 e. The highest BCUT2D eigenvalue weighted by molar-refractivity contribution is 6.75. The Morgan fingerprint density at radius 1 is 0.938 bits per heavy atom. The van der Waals surface area contributed by atoms with E-state index in [4.69, 9.17) is 11.6 Å². The van der Waals surface area contributed by atoms with Crippen LogP contribution in [0.25, 0.3) is 0 Å². The molecule has 4 aliphatic heterocycles. The normalized spacial score (nSPS) is 56.1. The van der Waals surface area contributed by atoms with E-state index in [0.29, 0.717) is 5.38 Å². The van der Waals surface area contributed by atoms with Gasteiger partial charge < -0.3 is 4.28 Å². The maximum atomic E-state index is 6.62. The molecular weight excluding hydrogens is 218 g/mol. The van der Waals surface area contributed by atoms with Crippen molar-refractivity contribution >= 4 is 17.9 Å². The molecule has 2 atom stereocenters. The molecule has 4 saturated heterocycles. The molecule has 0 aromatic heterocycles. The quantitative estimate of drug-likeness (QED) is 0.374. The topological polar surface area (TPSA) is 2.70 Å². The van der Waals surface area contributed by atoms with E-state index in [9.17, 15) is 0 Å². The molecule has 3 heteroatoms. The van der Waals surface area contributed by atoms with Crippen molar-refractivity contribution in [3.63, 3.8) is 0 Å². The molecule has 5 rings (SSSR count). The fourth-order valence-corrected chi connectivity index (χ4v) is 6.24. The van der Waals surface area contributed by atoms with Gasteiger partial charge in [0.15, 0.2) is 0 Å². The van der Waals surface area contributed by atoms with Crippen molar-refractivity contribution in [3.05, 3.63) is 0 Å². The number of hydrogen-bond acceptors (Lipinski definition) is 0. The zero-order valence-electron chi connectivity index (χ0n) is 10.0. The minimum Gasteiger partial charge on any atom is -0.671 e. The van der Waals surface area contributed by atoms with E-state index in [0.717, 1.165) is 17.8 Å². The van der Waals surface area contributed by atoms with Gasteiger partial charge in [-0.15, -0.1) is 11.6 Å². The summed E-state index contributed by atoms with van der Waals surface area (Å²) in [6.45, 7) is 2.64. The van der Waals surface area contributed by atoms with Gasteiger partial charge in [-0.2, -0.15) is 0 Å². The molecule has 0 aromatic carbocycles. The molecule has 4 heterocycles. The van der Waals surface area contributed by atoms with Gasteiger partial charge in [0, 0.05) is 18.2 Å². The van der Waals surface area contributed by atoms with Crippen LogP contribution in [0, 0.1) is 17.8 Å². The fraction of sp³-hybridized carbons (Fsp3) is 1.00. The Labute approximate surface area is 104 Å². The van der Waals surface area contributed by atoms with Crippen LogP contribution in [0.2, 0.25) is 19.0 Å². The average Bonchev–Trinajstić information content (AvgIpc) is 2.78. The first-order valence-corrected chi connectivity index (χ1v) is 7.72. The summed E-state index contributed by atoms with van der Waals surface area (Å²) in [7, 11) is 0. The molecule has 1 aliphatic carbocycles. The Hall–Kier alpha value is 0.315. The molecule has 5 aliphatic rings. The first-order valence-electron chi connectivity index (χ1n) is 7.28. The summed E-state index contributed by atoms with van der Waals surface area (Å²) >= 11 is 6.62. The highest BCUT2D eigenvalue weighted by Crippen LogP contribution is 2.60. The molecule has 0 spiro atoms. The van der Waals surface area contributed by atoms with Crippen LogP contribution in [0.5, 0.6) is 0 Å². The van der Waals surface area contributed by atoms with Gasteiger partial charge in [0.2, 0.25) is 0 Å². The van der Waals surface area contributed by atoms with E-state index in [1.807, 2.05) is 0 Å². The summed E-state index contributed by atoms with van der Waals surface area (Å²) in [6, 6.07) is 0. The van der Waals surface area contributed by atoms with Crippen LogP contribution in [-0.2, 0) is 4.28 Å². The van der Waals surface area contributed by atoms with Crippen LogP contribution in [0.3, 0.4) is 0 Å². The molecule has 4 bridgehead atoms. The number of alkyl halides is 1. The van der Waals surface area contributed by atoms with Gasteiger partial charge in [-0.25, -0.2) is 0 Å². The second kappa shape index (κ2) is 3.41. The van der Waals surface area contributed by atoms with Gasteiger partial charge in [0.05, 0.1) is 13.2 Å². The predicted octanol–water partition coefficient (Wildman–Crippen LogP) is 3.56. The zero-order chi connectivity index (χ0) is 10.8. The zero-order valence-corrected chi connectivity index (χ0v) is 10.8. The summed E-state index contributed by atoms with van der Waals surface area (Å²) in [6.07, 6.45) is 9.95. The van der Waals surface area contributed by atoms with Gasteiger partial charge in [0.1, 0.15) is 0 Å². The minimum absolute atomic E-state index is 0.201. The summed E-state index contributed by atoms with van der Waals surface area (Å²) in [5.74, 6) is 2.75. The van der Waals surface area contributed by atoms with Gasteiger partial charge in [-0.1, -0.05) is 37.7 Å². The molecule has 90 valence electrons. The second-order valence-electron chi connectivity index (χ2n) is 7.03. The van der Waals surface area contributed by atoms with E-state index in [-0.39, 0.29) is 6.35 Å². The molecule has 0 radical (unpaired) electrons. The van der Waals surface area contributed by atoms with Crippen molar-refractivity contribution in [3.8, 4) is 0 Å². The highest BCUT2D eigenvalue weighted by Gasteiger charge is 2.58. The number of halogens is 1. The van der Waals surface area contributed by atoms with Gasteiger partial charge >= 0.3 is 0 Å². The molecule has 0 N–H and O–H groups in total. The van der Waals surface area contributed by atoms with Crippen molar-refractivity contribution in [2.45, 2.75) is 50.0 Å². The van der Waals surface area contributed by atoms with E-state index in [1.165, 1.54) is 57.9 Å². The highest BCUT2D eigenvalue weighted by atomic mass is 35.5. The summed E-state index contributed by atoms with van der Waals surface area (Å²) in [5.41, 5.74) is 0. The van der Waals surface area contributed by atoms with Crippen molar-refractivity contribution in [1.82, 2.24) is 0 Å². The third-order valence-electron chi connectivity index (χ3n) is 6.17. The monoisotopic (exact) mass is 240 g/mol. The number of hydrogen-bond donors (Lipinski definition) is 0. The molecule has 0 aromatic rings. The molecule has 0 amide bonds. The van der Waals surface area contributed by atoms with Crippen molar-refractivity contribution in [2.75, 3.05) is 13.2 Å². The second-order valence-corrected chi connectivity index (χ2v) is 7.53. The molecule has 1 nitrogen and oxygen atoms in total. The fourth-order valence-electron chi connectivity index (χ4n) is 5.83. The summed E-state index contributed by atoms with van der Waals surface area (Å²) in [5, 5.41) is 0.523. The van der Waals surface area contributed by atoms with Gasteiger partial charge in [-0.05, 0) is 11.8 Å². The predicted molar refractivity (Wildman–Crippen MR) is 69.6 cm³/mol. The lowest BCUT2D eigenvalue weighted by Gasteiger charge is -2.62. The molecular formula is C13H22BClO. The van der Waals surface area contributed by atoms with Crippen LogP contribution in [0.1, 0.15) is 25.7 Å². The van der Waals surface area contributed by atoms with Crippen molar-refractivity contribution in [2.24, 2.45) is 17.8 Å². The van der Waals surface area contributed by atoms with E-state index < -0.39 is 0 Å². The molecule has 5 fully saturated rings. The first kappa shape index (κ1) is 10.3. The minimum atomic E-state index is -0.201. The largest absolute Gasteiger partial charge is 0.671 e.